The molecule has 2 aliphatic rings. The Morgan fingerprint density at radius 1 is 1.43 bits per heavy atom. The fourth-order valence-electron chi connectivity index (χ4n) is 2.83. The Morgan fingerprint density at radius 2 is 2.18 bits per heavy atom. The normalized spacial score (nSPS) is 22.3. The van der Waals surface area contributed by atoms with Crippen LogP contribution in [0, 0.1) is 0 Å². The van der Waals surface area contributed by atoms with Crippen LogP contribution in [0.2, 0.25) is 0 Å². The number of aromatic nitrogens is 4. The zero-order chi connectivity index (χ0) is 20.4. The molecule has 2 amide bonds. The summed E-state index contributed by atoms with van der Waals surface area (Å²) < 4.78 is 0. The minimum Gasteiger partial charge on any atom is -0.481 e. The Bertz CT molecular complexity index is 849. The molecule has 4 N–H and O–H groups in total. The molecule has 2 aliphatic heterocycles. The first kappa shape index (κ1) is 20.6. The van der Waals surface area contributed by atoms with E-state index < -0.39 is 34.5 Å². The topological polar surface area (TPSA) is 178 Å². The van der Waals surface area contributed by atoms with E-state index in [0.29, 0.717) is 0 Å². The lowest BCUT2D eigenvalue weighted by atomic mass is 10.0. The van der Waals surface area contributed by atoms with Crippen molar-refractivity contribution in [3.8, 4) is 0 Å². The molecule has 0 aromatic carbocycles. The summed E-state index contributed by atoms with van der Waals surface area (Å²) in [7, 11) is 0. The summed E-state index contributed by atoms with van der Waals surface area (Å²) in [6.45, 7) is 0. The molecular formula is C13H13BrN6O6S2. The van der Waals surface area contributed by atoms with E-state index in [0.717, 1.165) is 16.7 Å². The number of alkyl halides is 1. The number of fused-ring (bicyclic) bond motifs is 1. The Morgan fingerprint density at radius 3 is 2.75 bits per heavy atom. The first-order chi connectivity index (χ1) is 13.3. The number of hydrogen-bond donors (Lipinski definition) is 4. The van der Waals surface area contributed by atoms with Gasteiger partial charge in [0.1, 0.15) is 17.1 Å². The molecule has 15 heteroatoms. The highest BCUT2D eigenvalue weighted by Gasteiger charge is 2.54. The van der Waals surface area contributed by atoms with Crippen LogP contribution in [-0.4, -0.2) is 87.2 Å². The number of amides is 2. The number of hydrogen-bond acceptors (Lipinski definition) is 9. The lowest BCUT2D eigenvalue weighted by Crippen LogP contribution is -2.70. The molecule has 0 saturated carbocycles. The maximum atomic E-state index is 12.5. The maximum absolute atomic E-state index is 12.5. The van der Waals surface area contributed by atoms with E-state index in [1.807, 2.05) is 0 Å². The van der Waals surface area contributed by atoms with E-state index in [4.69, 9.17) is 0 Å². The number of nitrogens with zero attached hydrogens (tertiary/aromatic N) is 4. The Kier molecular flexibility index (Phi) is 6.24. The van der Waals surface area contributed by atoms with E-state index in [9.17, 15) is 29.4 Å². The highest BCUT2D eigenvalue weighted by atomic mass is 79.9. The number of thioether (sulfide) groups is 2. The summed E-state index contributed by atoms with van der Waals surface area (Å²) in [6.07, 6.45) is -0.380. The predicted molar refractivity (Wildman–Crippen MR) is 99.6 cm³/mol. The van der Waals surface area contributed by atoms with Crippen LogP contribution in [0.4, 0.5) is 0 Å². The van der Waals surface area contributed by atoms with Crippen LogP contribution in [-0.2, 0) is 19.2 Å². The van der Waals surface area contributed by atoms with Gasteiger partial charge < -0.3 is 15.5 Å². The average molecular weight is 493 g/mol. The number of H-pyrrole nitrogens is 1. The van der Waals surface area contributed by atoms with Crippen molar-refractivity contribution in [3.05, 3.63) is 11.3 Å². The van der Waals surface area contributed by atoms with Gasteiger partial charge in [-0.3, -0.25) is 19.3 Å². The standard InChI is InChI=1S/C13H13BrN6O6S2/c14-2-6(21)15-8-10(24)20-9(12(25)26)4(3-27-11(8)20)5(1-7(22)23)28-13-16-18-19-17-13/h5,8,11H,1-3H2,(H,15,21)(H,22,23)(H,25,26)(H,16,17,18,19)/t5?,8?,11-/m0/s1. The first-order valence-corrected chi connectivity index (χ1v) is 10.8. The largest absolute Gasteiger partial charge is 0.481 e. The number of carbonyl (C=O) groups is 4. The van der Waals surface area contributed by atoms with Gasteiger partial charge in [-0.15, -0.1) is 16.9 Å². The smallest absolute Gasteiger partial charge is 0.352 e. The number of rotatable bonds is 8. The zero-order valence-corrected chi connectivity index (χ0v) is 17.1. The predicted octanol–water partition coefficient (Wildman–Crippen LogP) is -0.731. The molecule has 150 valence electrons. The molecular weight excluding hydrogens is 480 g/mol. The van der Waals surface area contributed by atoms with Crippen molar-refractivity contribution in [1.29, 1.82) is 0 Å². The molecule has 3 atom stereocenters. The lowest BCUT2D eigenvalue weighted by molar-refractivity contribution is -0.150. The second-order valence-electron chi connectivity index (χ2n) is 5.68. The third kappa shape index (κ3) is 4.00. The van der Waals surface area contributed by atoms with Gasteiger partial charge in [0.2, 0.25) is 11.1 Å². The van der Waals surface area contributed by atoms with Crippen molar-refractivity contribution in [2.24, 2.45) is 0 Å². The van der Waals surface area contributed by atoms with Gasteiger partial charge in [-0.2, -0.15) is 0 Å². The van der Waals surface area contributed by atoms with Crippen LogP contribution in [0.15, 0.2) is 16.4 Å². The number of aliphatic carboxylic acids is 2. The van der Waals surface area contributed by atoms with Gasteiger partial charge in [-0.05, 0) is 16.0 Å². The van der Waals surface area contributed by atoms with Crippen molar-refractivity contribution in [2.45, 2.75) is 28.2 Å². The molecule has 12 nitrogen and oxygen atoms in total. The van der Waals surface area contributed by atoms with Crippen LogP contribution < -0.4 is 5.32 Å². The van der Waals surface area contributed by atoms with Gasteiger partial charge in [-0.1, -0.05) is 27.7 Å². The number of β-lactam (4-membered cyclic amide) rings is 1. The monoisotopic (exact) mass is 492 g/mol. The van der Waals surface area contributed by atoms with Gasteiger partial charge in [0.25, 0.3) is 5.91 Å². The number of nitrogens with one attached hydrogen (secondary N) is 2. The molecule has 3 heterocycles. The number of tetrazole rings is 1. The molecule has 1 aromatic heterocycles. The summed E-state index contributed by atoms with van der Waals surface area (Å²) in [6, 6.07) is -0.824. The second-order valence-corrected chi connectivity index (χ2v) is 8.54. The summed E-state index contributed by atoms with van der Waals surface area (Å²) in [5.41, 5.74) is 0.0282. The van der Waals surface area contributed by atoms with E-state index in [-0.39, 0.29) is 39.8 Å². The first-order valence-electron chi connectivity index (χ1n) is 7.72. The van der Waals surface area contributed by atoms with E-state index in [1.165, 1.54) is 11.8 Å². The minimum absolute atomic E-state index is 0.0174. The van der Waals surface area contributed by atoms with Crippen molar-refractivity contribution >= 4 is 63.2 Å². The van der Waals surface area contributed by atoms with Crippen LogP contribution in [0.1, 0.15) is 6.42 Å². The number of carboxylic acid groups (broad SMARTS) is 2. The average Bonchev–Trinajstić information content (AvgIpc) is 3.16. The van der Waals surface area contributed by atoms with Gasteiger partial charge in [-0.25, -0.2) is 9.89 Å². The number of carbonyl (C=O) groups excluding carboxylic acids is 2. The fourth-order valence-corrected chi connectivity index (χ4v) is 5.53. The molecule has 1 aromatic rings. The van der Waals surface area contributed by atoms with E-state index in [2.05, 4.69) is 41.9 Å². The summed E-state index contributed by atoms with van der Waals surface area (Å²) in [5.74, 6) is -3.23. The van der Waals surface area contributed by atoms with Gasteiger partial charge >= 0.3 is 11.9 Å². The van der Waals surface area contributed by atoms with E-state index in [1.54, 1.807) is 0 Å². The highest BCUT2D eigenvalue weighted by molar-refractivity contribution is 9.09. The number of halogens is 1. The van der Waals surface area contributed by atoms with Crippen LogP contribution in [0.5, 0.6) is 0 Å². The minimum atomic E-state index is -1.34. The molecule has 0 aliphatic carbocycles. The summed E-state index contributed by atoms with van der Waals surface area (Å²) in [4.78, 5) is 48.4. The lowest BCUT2D eigenvalue weighted by Gasteiger charge is -2.50. The van der Waals surface area contributed by atoms with Crippen molar-refractivity contribution in [3.63, 3.8) is 0 Å². The number of carboxylic acids is 2. The Balaban J connectivity index is 1.91. The molecule has 1 saturated heterocycles. The molecule has 0 bridgehead atoms. The quantitative estimate of drug-likeness (QED) is 0.204. The van der Waals surface area contributed by atoms with Crippen molar-refractivity contribution in [2.75, 3.05) is 11.1 Å². The number of aromatic amines is 1. The fraction of sp³-hybridized carbons (Fsp3) is 0.462. The van der Waals surface area contributed by atoms with Crippen LogP contribution in [0.3, 0.4) is 0 Å². The van der Waals surface area contributed by atoms with Gasteiger partial charge in [0.05, 0.1) is 11.8 Å². The molecule has 28 heavy (non-hydrogen) atoms. The van der Waals surface area contributed by atoms with Crippen molar-refractivity contribution in [1.82, 2.24) is 30.8 Å². The van der Waals surface area contributed by atoms with E-state index >= 15 is 0 Å². The zero-order valence-electron chi connectivity index (χ0n) is 13.9. The third-order valence-corrected chi connectivity index (χ3v) is 6.91. The molecule has 0 radical (unpaired) electrons. The van der Waals surface area contributed by atoms with Crippen molar-refractivity contribution < 1.29 is 29.4 Å². The second kappa shape index (κ2) is 8.48. The SMILES string of the molecule is O=C(O)CC(Sc1nnn[nH]1)C1=C(C(=O)O)N2C(=O)C(NC(=O)CBr)[C@@H]2SC1. The molecule has 2 unspecified atom stereocenters. The van der Waals surface area contributed by atoms with Gasteiger partial charge in [0, 0.05) is 11.0 Å². The third-order valence-electron chi connectivity index (χ3n) is 3.97. The highest BCUT2D eigenvalue weighted by Crippen LogP contribution is 2.44. The molecule has 3 rings (SSSR count). The molecule has 1 fully saturated rings. The Labute approximate surface area is 174 Å². The van der Waals surface area contributed by atoms with Gasteiger partial charge in [0.15, 0.2) is 0 Å². The van der Waals surface area contributed by atoms with Crippen LogP contribution >= 0.6 is 39.5 Å². The summed E-state index contributed by atoms with van der Waals surface area (Å²) in [5, 5.41) is 33.4. The van der Waals surface area contributed by atoms with Crippen LogP contribution in [0.25, 0.3) is 0 Å². The Hall–Kier alpha value is -2.13. The maximum Gasteiger partial charge on any atom is 0.352 e. The summed E-state index contributed by atoms with van der Waals surface area (Å²) >= 11 is 5.23. The molecule has 0 spiro atoms.